The van der Waals surface area contributed by atoms with Gasteiger partial charge < -0.3 is 20.6 Å². The van der Waals surface area contributed by atoms with E-state index < -0.39 is 5.82 Å². The van der Waals surface area contributed by atoms with E-state index in [9.17, 15) is 14.3 Å². The number of amides is 1. The first-order chi connectivity index (χ1) is 13.6. The minimum atomic E-state index is -0.401. The van der Waals surface area contributed by atoms with Crippen LogP contribution in [-0.4, -0.2) is 48.1 Å². The monoisotopic (exact) mass is 518 g/mol. The van der Waals surface area contributed by atoms with Crippen molar-refractivity contribution in [2.75, 3.05) is 20.1 Å². The van der Waals surface area contributed by atoms with Crippen LogP contribution in [0.15, 0.2) is 23.2 Å². The van der Waals surface area contributed by atoms with Gasteiger partial charge in [-0.25, -0.2) is 4.39 Å². The molecule has 29 heavy (non-hydrogen) atoms. The third-order valence-electron chi connectivity index (χ3n) is 5.76. The molecule has 0 aromatic heterocycles. The van der Waals surface area contributed by atoms with Crippen LogP contribution in [0.25, 0.3) is 0 Å². The number of aliphatic imine (C=N–C) groups is 1. The highest BCUT2D eigenvalue weighted by Crippen LogP contribution is 2.26. The van der Waals surface area contributed by atoms with E-state index in [0.29, 0.717) is 25.0 Å². The molecule has 3 N–H and O–H groups in total. The summed E-state index contributed by atoms with van der Waals surface area (Å²) in [6, 6.07) is 4.88. The Kier molecular flexibility index (Phi) is 9.61. The van der Waals surface area contributed by atoms with Crippen LogP contribution in [0.2, 0.25) is 0 Å². The summed E-state index contributed by atoms with van der Waals surface area (Å²) in [5, 5.41) is 15.8. The molecule has 3 rings (SSSR count). The van der Waals surface area contributed by atoms with E-state index in [1.807, 2.05) is 4.90 Å². The van der Waals surface area contributed by atoms with Crippen LogP contribution in [0.5, 0.6) is 0 Å². The number of likely N-dealkylation sites (tertiary alicyclic amines) is 1. The zero-order chi connectivity index (χ0) is 19.9. The fraction of sp³-hybridized carbons (Fsp3) is 0.619. The molecule has 0 radical (unpaired) electrons. The number of hydrogen-bond donors (Lipinski definition) is 3. The van der Waals surface area contributed by atoms with Gasteiger partial charge in [-0.05, 0) is 37.0 Å². The summed E-state index contributed by atoms with van der Waals surface area (Å²) in [7, 11) is 1.71. The van der Waals surface area contributed by atoms with Crippen LogP contribution < -0.4 is 10.6 Å². The number of aliphatic hydroxyl groups is 1. The zero-order valence-corrected chi connectivity index (χ0v) is 19.3. The number of carbonyl (C=O) groups is 1. The maximum absolute atomic E-state index is 13.5. The Morgan fingerprint density at radius 2 is 2.03 bits per heavy atom. The highest BCUT2D eigenvalue weighted by Gasteiger charge is 2.31. The molecule has 1 saturated heterocycles. The van der Waals surface area contributed by atoms with Crippen molar-refractivity contribution < 1.29 is 14.3 Å². The van der Waals surface area contributed by atoms with Crippen molar-refractivity contribution in [2.45, 2.75) is 57.7 Å². The van der Waals surface area contributed by atoms with E-state index in [4.69, 9.17) is 0 Å². The molecule has 2 fully saturated rings. The Morgan fingerprint density at radius 1 is 1.28 bits per heavy atom. The van der Waals surface area contributed by atoms with E-state index >= 15 is 0 Å². The summed E-state index contributed by atoms with van der Waals surface area (Å²) < 4.78 is 13.5. The van der Waals surface area contributed by atoms with Crippen molar-refractivity contribution in [2.24, 2.45) is 10.9 Å². The molecule has 1 amide bonds. The first-order valence-corrected chi connectivity index (χ1v) is 10.2. The largest absolute Gasteiger partial charge is 0.392 e. The van der Waals surface area contributed by atoms with E-state index in [0.717, 1.165) is 31.4 Å². The fourth-order valence-electron chi connectivity index (χ4n) is 4.12. The first-order valence-electron chi connectivity index (χ1n) is 10.2. The lowest BCUT2D eigenvalue weighted by Gasteiger charge is -2.26. The van der Waals surface area contributed by atoms with Gasteiger partial charge in [0.1, 0.15) is 5.82 Å². The second kappa shape index (κ2) is 11.7. The number of benzene rings is 1. The van der Waals surface area contributed by atoms with E-state index in [1.54, 1.807) is 19.2 Å². The third kappa shape index (κ3) is 6.53. The highest BCUT2D eigenvalue weighted by molar-refractivity contribution is 14.0. The molecular formula is C21H32FIN4O2. The lowest BCUT2D eigenvalue weighted by Crippen LogP contribution is -2.45. The van der Waals surface area contributed by atoms with Crippen LogP contribution in [0, 0.1) is 11.7 Å². The smallest absolute Gasteiger partial charge is 0.225 e. The molecule has 1 aromatic rings. The summed E-state index contributed by atoms with van der Waals surface area (Å²) >= 11 is 0. The molecule has 162 valence electrons. The van der Waals surface area contributed by atoms with Gasteiger partial charge in [-0.2, -0.15) is 0 Å². The van der Waals surface area contributed by atoms with Crippen molar-refractivity contribution >= 4 is 35.8 Å². The van der Waals surface area contributed by atoms with Gasteiger partial charge in [-0.3, -0.25) is 9.79 Å². The van der Waals surface area contributed by atoms with Gasteiger partial charge in [-0.15, -0.1) is 24.0 Å². The topological polar surface area (TPSA) is 77.0 Å². The minimum absolute atomic E-state index is 0. The molecule has 1 saturated carbocycles. The van der Waals surface area contributed by atoms with Gasteiger partial charge in [0.15, 0.2) is 5.96 Å². The predicted octanol–water partition coefficient (Wildman–Crippen LogP) is 2.78. The highest BCUT2D eigenvalue weighted by atomic mass is 127. The number of rotatable bonds is 5. The van der Waals surface area contributed by atoms with Gasteiger partial charge in [0.05, 0.1) is 6.61 Å². The molecular weight excluding hydrogens is 486 g/mol. The summed E-state index contributed by atoms with van der Waals surface area (Å²) in [6.07, 6.45) is 6.57. The maximum Gasteiger partial charge on any atom is 0.225 e. The molecule has 6 nitrogen and oxygen atoms in total. The number of guanidine groups is 1. The molecule has 0 spiro atoms. The Morgan fingerprint density at radius 3 is 2.72 bits per heavy atom. The van der Waals surface area contributed by atoms with E-state index in [1.165, 1.54) is 25.3 Å². The van der Waals surface area contributed by atoms with E-state index in [2.05, 4.69) is 15.6 Å². The second-order valence-electron chi connectivity index (χ2n) is 7.76. The number of nitrogens with zero attached hydrogens (tertiary/aromatic N) is 2. The Balaban J connectivity index is 0.00000300. The van der Waals surface area contributed by atoms with Gasteiger partial charge in [0.2, 0.25) is 5.91 Å². The van der Waals surface area contributed by atoms with Crippen molar-refractivity contribution in [3.05, 3.63) is 35.1 Å². The van der Waals surface area contributed by atoms with Gasteiger partial charge in [0, 0.05) is 44.2 Å². The minimum Gasteiger partial charge on any atom is -0.392 e. The first kappa shape index (κ1) is 23.9. The normalized spacial score (nSPS) is 20.3. The van der Waals surface area contributed by atoms with Gasteiger partial charge in [-0.1, -0.05) is 25.3 Å². The number of hydrogen-bond acceptors (Lipinski definition) is 3. The maximum atomic E-state index is 13.5. The van der Waals surface area contributed by atoms with Crippen LogP contribution in [0.1, 0.15) is 49.7 Å². The van der Waals surface area contributed by atoms with E-state index in [-0.39, 0.29) is 48.1 Å². The predicted molar refractivity (Wildman–Crippen MR) is 123 cm³/mol. The van der Waals surface area contributed by atoms with Crippen molar-refractivity contribution in [3.8, 4) is 0 Å². The molecule has 1 atom stereocenters. The van der Waals surface area contributed by atoms with Crippen LogP contribution in [0.4, 0.5) is 4.39 Å². The molecule has 1 heterocycles. The zero-order valence-electron chi connectivity index (χ0n) is 17.0. The van der Waals surface area contributed by atoms with Crippen molar-refractivity contribution in [1.29, 1.82) is 0 Å². The standard InChI is InChI=1S/C21H31FN4O2.HI/c1-23-21(24-12-15-7-8-19(22)17(11-15)14-27)25-18-9-10-26(13-18)20(28)16-5-3-2-4-6-16;/h7-8,11,16,18,27H,2-6,9-10,12-14H2,1H3,(H2,23,24,25);1H. The molecule has 8 heteroatoms. The third-order valence-corrected chi connectivity index (χ3v) is 5.76. The Labute approximate surface area is 189 Å². The molecule has 2 aliphatic rings. The van der Waals surface area contributed by atoms with Gasteiger partial charge in [0.25, 0.3) is 0 Å². The summed E-state index contributed by atoms with van der Waals surface area (Å²) in [6.45, 7) is 1.66. The lowest BCUT2D eigenvalue weighted by atomic mass is 9.88. The quantitative estimate of drug-likeness (QED) is 0.319. The SMILES string of the molecule is CN=C(NCc1ccc(F)c(CO)c1)NC1CCN(C(=O)C2CCCCC2)C1.I. The summed E-state index contributed by atoms with van der Waals surface area (Å²) in [4.78, 5) is 18.9. The average Bonchev–Trinajstić information content (AvgIpc) is 3.20. The lowest BCUT2D eigenvalue weighted by molar-refractivity contribution is -0.135. The fourth-order valence-corrected chi connectivity index (χ4v) is 4.12. The molecule has 1 aromatic carbocycles. The summed E-state index contributed by atoms with van der Waals surface area (Å²) in [5.74, 6) is 0.785. The molecule has 0 bridgehead atoms. The van der Waals surface area contributed by atoms with Crippen LogP contribution in [0.3, 0.4) is 0 Å². The van der Waals surface area contributed by atoms with Crippen LogP contribution >= 0.6 is 24.0 Å². The molecule has 1 unspecified atom stereocenters. The second-order valence-corrected chi connectivity index (χ2v) is 7.76. The van der Waals surface area contributed by atoms with Crippen molar-refractivity contribution in [1.82, 2.24) is 15.5 Å². The Bertz CT molecular complexity index is 710. The summed E-state index contributed by atoms with van der Waals surface area (Å²) in [5.41, 5.74) is 1.16. The number of nitrogens with one attached hydrogen (secondary N) is 2. The average molecular weight is 518 g/mol. The number of aliphatic hydroxyl groups excluding tert-OH is 1. The van der Waals surface area contributed by atoms with Crippen molar-refractivity contribution in [3.63, 3.8) is 0 Å². The van der Waals surface area contributed by atoms with Gasteiger partial charge >= 0.3 is 0 Å². The number of halogens is 2. The van der Waals surface area contributed by atoms with Crippen LogP contribution in [-0.2, 0) is 17.9 Å². The molecule has 1 aliphatic carbocycles. The molecule has 1 aliphatic heterocycles. The Hall–Kier alpha value is -1.42. The number of carbonyl (C=O) groups excluding carboxylic acids is 1.